The predicted octanol–water partition coefficient (Wildman–Crippen LogP) is 3.50. The van der Waals surface area contributed by atoms with Gasteiger partial charge in [-0.1, -0.05) is 32.9 Å². The van der Waals surface area contributed by atoms with E-state index in [0.717, 1.165) is 17.5 Å². The third-order valence-corrected chi connectivity index (χ3v) is 4.23. The normalized spacial score (nSPS) is 11.6. The number of anilines is 1. The number of fused-ring (bicyclic) bond motifs is 1. The van der Waals surface area contributed by atoms with Gasteiger partial charge in [0.15, 0.2) is 0 Å². The van der Waals surface area contributed by atoms with Crippen LogP contribution in [0, 0.1) is 5.41 Å². The molecule has 3 rings (SSSR count). The molecule has 124 valence electrons. The fourth-order valence-electron chi connectivity index (χ4n) is 2.20. The number of nitrogens with zero attached hydrogens (tertiary/aromatic N) is 3. The molecule has 0 saturated carbocycles. The molecule has 6 heteroatoms. The second kappa shape index (κ2) is 5.96. The lowest BCUT2D eigenvalue weighted by Gasteiger charge is -2.21. The lowest BCUT2D eigenvalue weighted by atomic mass is 9.89. The van der Waals surface area contributed by atoms with Crippen LogP contribution in [0.3, 0.4) is 0 Å². The van der Waals surface area contributed by atoms with Crippen LogP contribution in [0.5, 0.6) is 5.75 Å². The standard InChI is InChI=1S/C18H20N4O2/c1-4-18(2,3)17(24)19-12-9-10-15(16(23)11-12)22-20-13-7-5-6-8-14(13)21-22/h5-11,23H,4H2,1-3H3,(H,19,24). The number of benzene rings is 2. The van der Waals surface area contributed by atoms with Crippen molar-refractivity contribution in [3.63, 3.8) is 0 Å². The zero-order valence-corrected chi connectivity index (χ0v) is 13.9. The summed E-state index contributed by atoms with van der Waals surface area (Å²) in [6, 6.07) is 12.4. The lowest BCUT2D eigenvalue weighted by Crippen LogP contribution is -2.29. The molecule has 1 amide bonds. The Morgan fingerprint density at radius 3 is 2.33 bits per heavy atom. The summed E-state index contributed by atoms with van der Waals surface area (Å²) >= 11 is 0. The fourth-order valence-corrected chi connectivity index (χ4v) is 2.20. The molecule has 0 aliphatic rings. The molecule has 6 nitrogen and oxygen atoms in total. The zero-order valence-electron chi connectivity index (χ0n) is 13.9. The molecule has 0 spiro atoms. The molecule has 0 radical (unpaired) electrons. The Morgan fingerprint density at radius 2 is 1.79 bits per heavy atom. The minimum absolute atomic E-state index is 0.00223. The van der Waals surface area contributed by atoms with E-state index in [4.69, 9.17) is 0 Å². The van der Waals surface area contributed by atoms with Crippen molar-refractivity contribution in [3.8, 4) is 11.4 Å². The Morgan fingerprint density at radius 1 is 1.17 bits per heavy atom. The minimum Gasteiger partial charge on any atom is -0.506 e. The highest BCUT2D eigenvalue weighted by atomic mass is 16.3. The maximum atomic E-state index is 12.2. The minimum atomic E-state index is -0.463. The number of carbonyl (C=O) groups is 1. The summed E-state index contributed by atoms with van der Waals surface area (Å²) < 4.78 is 0. The zero-order chi connectivity index (χ0) is 17.3. The summed E-state index contributed by atoms with van der Waals surface area (Å²) in [4.78, 5) is 13.6. The highest BCUT2D eigenvalue weighted by Crippen LogP contribution is 2.27. The number of carbonyl (C=O) groups excluding carboxylic acids is 1. The van der Waals surface area contributed by atoms with Crippen LogP contribution in [-0.2, 0) is 4.79 Å². The second-order valence-electron chi connectivity index (χ2n) is 6.37. The number of phenolic OH excluding ortho intramolecular Hbond substituents is 1. The van der Waals surface area contributed by atoms with Gasteiger partial charge in [-0.3, -0.25) is 4.79 Å². The van der Waals surface area contributed by atoms with Gasteiger partial charge in [0, 0.05) is 17.2 Å². The first-order chi connectivity index (χ1) is 11.4. The number of hydrogen-bond donors (Lipinski definition) is 2. The Hall–Kier alpha value is -2.89. The van der Waals surface area contributed by atoms with Crippen LogP contribution in [0.1, 0.15) is 27.2 Å². The van der Waals surface area contributed by atoms with Crippen molar-refractivity contribution in [1.29, 1.82) is 0 Å². The number of amides is 1. The van der Waals surface area contributed by atoms with Gasteiger partial charge in [-0.15, -0.1) is 15.0 Å². The van der Waals surface area contributed by atoms with Crippen molar-refractivity contribution in [2.75, 3.05) is 5.32 Å². The SMILES string of the molecule is CCC(C)(C)C(=O)Nc1ccc(-n2nc3ccccc3n2)c(O)c1. The van der Waals surface area contributed by atoms with Gasteiger partial charge in [0.05, 0.1) is 0 Å². The van der Waals surface area contributed by atoms with Gasteiger partial charge in [0.25, 0.3) is 0 Å². The fraction of sp³-hybridized carbons (Fsp3) is 0.278. The Labute approximate surface area is 140 Å². The van der Waals surface area contributed by atoms with Gasteiger partial charge in [0.1, 0.15) is 22.5 Å². The summed E-state index contributed by atoms with van der Waals surface area (Å²) in [5.74, 6) is -0.0810. The van der Waals surface area contributed by atoms with E-state index < -0.39 is 5.41 Å². The molecule has 0 aliphatic carbocycles. The van der Waals surface area contributed by atoms with Crippen LogP contribution in [0.25, 0.3) is 16.7 Å². The molecular formula is C18H20N4O2. The average Bonchev–Trinajstić information content (AvgIpc) is 2.98. The maximum Gasteiger partial charge on any atom is 0.230 e. The average molecular weight is 324 g/mol. The van der Waals surface area contributed by atoms with Crippen molar-refractivity contribution in [1.82, 2.24) is 15.0 Å². The predicted molar refractivity (Wildman–Crippen MR) is 93.2 cm³/mol. The third kappa shape index (κ3) is 2.95. The quantitative estimate of drug-likeness (QED) is 0.770. The van der Waals surface area contributed by atoms with E-state index in [1.54, 1.807) is 12.1 Å². The van der Waals surface area contributed by atoms with E-state index in [1.807, 2.05) is 45.0 Å². The summed E-state index contributed by atoms with van der Waals surface area (Å²) in [6.45, 7) is 5.74. The molecule has 0 unspecified atom stereocenters. The lowest BCUT2D eigenvalue weighted by molar-refractivity contribution is -0.124. The van der Waals surface area contributed by atoms with Crippen molar-refractivity contribution >= 4 is 22.6 Å². The van der Waals surface area contributed by atoms with Crippen LogP contribution >= 0.6 is 0 Å². The number of aromatic hydroxyl groups is 1. The van der Waals surface area contributed by atoms with E-state index in [0.29, 0.717) is 11.4 Å². The molecule has 0 aliphatic heterocycles. The van der Waals surface area contributed by atoms with Crippen molar-refractivity contribution in [2.24, 2.45) is 5.41 Å². The summed E-state index contributed by atoms with van der Waals surface area (Å²) in [5, 5.41) is 21.8. The first kappa shape index (κ1) is 16.0. The highest BCUT2D eigenvalue weighted by molar-refractivity contribution is 5.95. The number of aromatic nitrogens is 3. The molecule has 2 N–H and O–H groups in total. The summed E-state index contributed by atoms with van der Waals surface area (Å²) in [7, 11) is 0. The molecule has 0 fully saturated rings. The topological polar surface area (TPSA) is 80.0 Å². The molecule has 2 aromatic carbocycles. The van der Waals surface area contributed by atoms with Gasteiger partial charge >= 0.3 is 0 Å². The van der Waals surface area contributed by atoms with E-state index in [-0.39, 0.29) is 11.7 Å². The van der Waals surface area contributed by atoms with Crippen molar-refractivity contribution < 1.29 is 9.90 Å². The number of hydrogen-bond acceptors (Lipinski definition) is 4. The van der Waals surface area contributed by atoms with Gasteiger partial charge in [0.2, 0.25) is 5.91 Å². The number of phenols is 1. The van der Waals surface area contributed by atoms with Crippen molar-refractivity contribution in [2.45, 2.75) is 27.2 Å². The van der Waals surface area contributed by atoms with Gasteiger partial charge in [-0.25, -0.2) is 0 Å². The highest BCUT2D eigenvalue weighted by Gasteiger charge is 2.25. The number of rotatable bonds is 4. The van der Waals surface area contributed by atoms with E-state index in [9.17, 15) is 9.90 Å². The first-order valence-corrected chi connectivity index (χ1v) is 7.87. The van der Waals surface area contributed by atoms with Gasteiger partial charge in [-0.05, 0) is 30.7 Å². The molecule has 1 heterocycles. The van der Waals surface area contributed by atoms with Crippen LogP contribution < -0.4 is 5.32 Å². The number of nitrogens with one attached hydrogen (secondary N) is 1. The van der Waals surface area contributed by atoms with Gasteiger partial charge < -0.3 is 10.4 Å². The van der Waals surface area contributed by atoms with E-state index in [1.165, 1.54) is 10.9 Å². The van der Waals surface area contributed by atoms with E-state index in [2.05, 4.69) is 15.5 Å². The summed E-state index contributed by atoms with van der Waals surface area (Å²) in [5.41, 5.74) is 2.03. The molecular weight excluding hydrogens is 304 g/mol. The Balaban J connectivity index is 1.88. The maximum absolute atomic E-state index is 12.2. The van der Waals surface area contributed by atoms with Gasteiger partial charge in [-0.2, -0.15) is 0 Å². The molecule has 3 aromatic rings. The van der Waals surface area contributed by atoms with Crippen molar-refractivity contribution in [3.05, 3.63) is 42.5 Å². The smallest absolute Gasteiger partial charge is 0.230 e. The van der Waals surface area contributed by atoms with Crippen LogP contribution in [0.15, 0.2) is 42.5 Å². The molecule has 0 atom stereocenters. The van der Waals surface area contributed by atoms with Crippen LogP contribution in [-0.4, -0.2) is 26.0 Å². The van der Waals surface area contributed by atoms with Crippen LogP contribution in [0.2, 0.25) is 0 Å². The molecule has 24 heavy (non-hydrogen) atoms. The molecule has 0 bridgehead atoms. The molecule has 1 aromatic heterocycles. The molecule has 0 saturated heterocycles. The Bertz CT molecular complexity index is 866. The van der Waals surface area contributed by atoms with Crippen LogP contribution in [0.4, 0.5) is 5.69 Å². The third-order valence-electron chi connectivity index (χ3n) is 4.23. The Kier molecular flexibility index (Phi) is 3.97. The largest absolute Gasteiger partial charge is 0.506 e. The first-order valence-electron chi connectivity index (χ1n) is 7.87. The van der Waals surface area contributed by atoms with E-state index >= 15 is 0 Å². The second-order valence-corrected chi connectivity index (χ2v) is 6.37. The summed E-state index contributed by atoms with van der Waals surface area (Å²) in [6.07, 6.45) is 0.729. The monoisotopic (exact) mass is 324 g/mol.